The molecule has 1 heterocycles. The zero-order chi connectivity index (χ0) is 8.65. The van der Waals surface area contributed by atoms with Crippen molar-refractivity contribution in [3.63, 3.8) is 0 Å². The number of nitrogens with one attached hydrogen (secondary N) is 1. The van der Waals surface area contributed by atoms with Crippen molar-refractivity contribution in [1.29, 1.82) is 0 Å². The molecule has 1 aliphatic rings. The van der Waals surface area contributed by atoms with Gasteiger partial charge >= 0.3 is 0 Å². The Kier molecular flexibility index (Phi) is 5.04. The van der Waals surface area contributed by atoms with Crippen LogP contribution in [0.2, 0.25) is 0 Å². The van der Waals surface area contributed by atoms with Gasteiger partial charge in [0, 0.05) is 6.54 Å². The zero-order valence-electron chi connectivity index (χ0n) is 7.89. The van der Waals surface area contributed by atoms with Crippen molar-refractivity contribution in [2.24, 2.45) is 0 Å². The molecule has 0 unspecified atom stereocenters. The van der Waals surface area contributed by atoms with Crippen LogP contribution in [0.1, 0.15) is 19.3 Å². The Balaban J connectivity index is 1.84. The van der Waals surface area contributed by atoms with Gasteiger partial charge in [-0.2, -0.15) is 0 Å². The average Bonchev–Trinajstić information content (AvgIpc) is 2.57. The summed E-state index contributed by atoms with van der Waals surface area (Å²) in [7, 11) is 0. The Hall–Kier alpha value is -0.340. The van der Waals surface area contributed by atoms with Crippen LogP contribution in [0.5, 0.6) is 0 Å². The summed E-state index contributed by atoms with van der Waals surface area (Å²) in [6, 6.07) is 0. The summed E-state index contributed by atoms with van der Waals surface area (Å²) in [5, 5.41) is 3.31. The van der Waals surface area contributed by atoms with E-state index in [1.165, 1.54) is 38.9 Å². The maximum absolute atomic E-state index is 3.66. The van der Waals surface area contributed by atoms with E-state index in [1.54, 1.807) is 0 Å². The van der Waals surface area contributed by atoms with Crippen LogP contribution in [0.25, 0.3) is 0 Å². The SMILES string of the molecule is C=CCNCCCN1CCCC1. The number of hydrogen-bond donors (Lipinski definition) is 1. The maximum atomic E-state index is 3.66. The first-order chi connectivity index (χ1) is 5.93. The summed E-state index contributed by atoms with van der Waals surface area (Å²) >= 11 is 0. The van der Waals surface area contributed by atoms with E-state index in [4.69, 9.17) is 0 Å². The second kappa shape index (κ2) is 6.21. The molecule has 1 rings (SSSR count). The molecule has 1 saturated heterocycles. The molecular weight excluding hydrogens is 148 g/mol. The van der Waals surface area contributed by atoms with Gasteiger partial charge in [-0.05, 0) is 45.4 Å². The highest BCUT2D eigenvalue weighted by Crippen LogP contribution is 2.06. The minimum atomic E-state index is 0.944. The van der Waals surface area contributed by atoms with Crippen LogP contribution >= 0.6 is 0 Å². The van der Waals surface area contributed by atoms with Gasteiger partial charge in [0.05, 0.1) is 0 Å². The monoisotopic (exact) mass is 168 g/mol. The molecule has 0 spiro atoms. The van der Waals surface area contributed by atoms with Crippen LogP contribution in [0, 0.1) is 0 Å². The van der Waals surface area contributed by atoms with E-state index >= 15 is 0 Å². The third kappa shape index (κ3) is 3.88. The smallest absolute Gasteiger partial charge is 0.0132 e. The Morgan fingerprint density at radius 2 is 2.08 bits per heavy atom. The highest BCUT2D eigenvalue weighted by atomic mass is 15.1. The number of nitrogens with zero attached hydrogens (tertiary/aromatic N) is 1. The molecule has 1 N–H and O–H groups in total. The lowest BCUT2D eigenvalue weighted by Gasteiger charge is -2.13. The predicted octanol–water partition coefficient (Wildman–Crippen LogP) is 1.25. The fourth-order valence-electron chi connectivity index (χ4n) is 1.64. The fraction of sp³-hybridized carbons (Fsp3) is 0.800. The normalized spacial score (nSPS) is 18.3. The Morgan fingerprint density at radius 3 is 2.75 bits per heavy atom. The van der Waals surface area contributed by atoms with Gasteiger partial charge in [0.15, 0.2) is 0 Å². The van der Waals surface area contributed by atoms with Gasteiger partial charge in [-0.3, -0.25) is 0 Å². The van der Waals surface area contributed by atoms with Crippen molar-refractivity contribution in [3.05, 3.63) is 12.7 Å². The molecule has 0 bridgehead atoms. The quantitative estimate of drug-likeness (QED) is 0.474. The van der Waals surface area contributed by atoms with E-state index in [2.05, 4.69) is 16.8 Å². The van der Waals surface area contributed by atoms with Crippen LogP contribution in [0.4, 0.5) is 0 Å². The molecule has 0 aromatic heterocycles. The molecule has 2 nitrogen and oxygen atoms in total. The molecule has 12 heavy (non-hydrogen) atoms. The molecular formula is C10H20N2. The van der Waals surface area contributed by atoms with Gasteiger partial charge in [0.25, 0.3) is 0 Å². The third-order valence-corrected chi connectivity index (χ3v) is 2.32. The second-order valence-electron chi connectivity index (χ2n) is 3.40. The van der Waals surface area contributed by atoms with E-state index in [9.17, 15) is 0 Å². The lowest BCUT2D eigenvalue weighted by atomic mass is 10.4. The first kappa shape index (κ1) is 9.75. The molecule has 0 aliphatic carbocycles. The Bertz CT molecular complexity index is 117. The molecule has 0 atom stereocenters. The van der Waals surface area contributed by atoms with Crippen LogP contribution in [0.15, 0.2) is 12.7 Å². The van der Waals surface area contributed by atoms with Crippen molar-refractivity contribution in [2.75, 3.05) is 32.7 Å². The molecule has 1 aliphatic heterocycles. The highest BCUT2D eigenvalue weighted by Gasteiger charge is 2.09. The van der Waals surface area contributed by atoms with E-state index in [0.717, 1.165) is 13.1 Å². The van der Waals surface area contributed by atoms with Crippen LogP contribution < -0.4 is 5.32 Å². The van der Waals surface area contributed by atoms with Crippen LogP contribution in [-0.4, -0.2) is 37.6 Å². The largest absolute Gasteiger partial charge is 0.313 e. The third-order valence-electron chi connectivity index (χ3n) is 2.32. The summed E-state index contributed by atoms with van der Waals surface area (Å²) in [5.41, 5.74) is 0. The van der Waals surface area contributed by atoms with E-state index < -0.39 is 0 Å². The lowest BCUT2D eigenvalue weighted by molar-refractivity contribution is 0.332. The second-order valence-corrected chi connectivity index (χ2v) is 3.40. The number of likely N-dealkylation sites (tertiary alicyclic amines) is 1. The van der Waals surface area contributed by atoms with Gasteiger partial charge in [0.1, 0.15) is 0 Å². The van der Waals surface area contributed by atoms with Crippen molar-refractivity contribution >= 4 is 0 Å². The maximum Gasteiger partial charge on any atom is 0.0132 e. The summed E-state index contributed by atoms with van der Waals surface area (Å²) in [4.78, 5) is 2.55. The van der Waals surface area contributed by atoms with Crippen molar-refractivity contribution < 1.29 is 0 Å². The minimum absolute atomic E-state index is 0.944. The first-order valence-corrected chi connectivity index (χ1v) is 4.97. The molecule has 2 heteroatoms. The molecule has 0 aromatic carbocycles. The van der Waals surface area contributed by atoms with Crippen LogP contribution in [-0.2, 0) is 0 Å². The minimum Gasteiger partial charge on any atom is -0.313 e. The van der Waals surface area contributed by atoms with Crippen LogP contribution in [0.3, 0.4) is 0 Å². The molecule has 0 aromatic rings. The fourth-order valence-corrected chi connectivity index (χ4v) is 1.64. The molecule has 70 valence electrons. The summed E-state index contributed by atoms with van der Waals surface area (Å²) in [6.07, 6.45) is 5.99. The molecule has 0 saturated carbocycles. The molecule has 1 fully saturated rings. The predicted molar refractivity (Wildman–Crippen MR) is 53.4 cm³/mol. The Morgan fingerprint density at radius 1 is 1.33 bits per heavy atom. The Labute approximate surface area is 75.6 Å². The zero-order valence-corrected chi connectivity index (χ0v) is 7.89. The lowest BCUT2D eigenvalue weighted by Crippen LogP contribution is -2.24. The van der Waals surface area contributed by atoms with E-state index in [-0.39, 0.29) is 0 Å². The standard InChI is InChI=1S/C10H20N2/c1-2-6-11-7-5-10-12-8-3-4-9-12/h2,11H,1,3-10H2. The topological polar surface area (TPSA) is 15.3 Å². The number of rotatable bonds is 6. The number of hydrogen-bond acceptors (Lipinski definition) is 2. The van der Waals surface area contributed by atoms with E-state index in [0.29, 0.717) is 0 Å². The van der Waals surface area contributed by atoms with Crippen molar-refractivity contribution in [3.8, 4) is 0 Å². The first-order valence-electron chi connectivity index (χ1n) is 4.97. The average molecular weight is 168 g/mol. The van der Waals surface area contributed by atoms with Gasteiger partial charge in [-0.15, -0.1) is 6.58 Å². The van der Waals surface area contributed by atoms with Gasteiger partial charge < -0.3 is 10.2 Å². The van der Waals surface area contributed by atoms with Crippen molar-refractivity contribution in [2.45, 2.75) is 19.3 Å². The highest BCUT2D eigenvalue weighted by molar-refractivity contribution is 4.70. The van der Waals surface area contributed by atoms with E-state index in [1.807, 2.05) is 6.08 Å². The van der Waals surface area contributed by atoms with Gasteiger partial charge in [-0.1, -0.05) is 6.08 Å². The summed E-state index contributed by atoms with van der Waals surface area (Å²) in [6.45, 7) is 9.64. The van der Waals surface area contributed by atoms with Gasteiger partial charge in [0.2, 0.25) is 0 Å². The van der Waals surface area contributed by atoms with Gasteiger partial charge in [-0.25, -0.2) is 0 Å². The molecule has 0 radical (unpaired) electrons. The van der Waals surface area contributed by atoms with Crippen molar-refractivity contribution in [1.82, 2.24) is 10.2 Å². The summed E-state index contributed by atoms with van der Waals surface area (Å²) in [5.74, 6) is 0. The summed E-state index contributed by atoms with van der Waals surface area (Å²) < 4.78 is 0. The molecule has 0 amide bonds.